The fourth-order valence-electron chi connectivity index (χ4n) is 2.87. The lowest BCUT2D eigenvalue weighted by Gasteiger charge is -2.07. The van der Waals surface area contributed by atoms with E-state index in [0.717, 1.165) is 11.8 Å². The second-order valence-corrected chi connectivity index (χ2v) is 8.57. The molecule has 3 heterocycles. The van der Waals surface area contributed by atoms with Crippen molar-refractivity contribution in [3.63, 3.8) is 0 Å². The van der Waals surface area contributed by atoms with Gasteiger partial charge in [0, 0.05) is 12.5 Å². The van der Waals surface area contributed by atoms with Gasteiger partial charge in [-0.2, -0.15) is 10.1 Å². The smallest absolute Gasteiger partial charge is 0.302 e. The van der Waals surface area contributed by atoms with Crippen LogP contribution in [0.2, 0.25) is 0 Å². The zero-order valence-electron chi connectivity index (χ0n) is 16.1. The SMILES string of the molecule is Cc1cccnc1-c1coc(NC(=O)c2ccnn2-c2ccc(S(C)(=O)=O)cc2)n1. The number of nitrogens with one attached hydrogen (secondary N) is 1. The Morgan fingerprint density at radius 3 is 2.57 bits per heavy atom. The minimum atomic E-state index is -3.31. The Balaban J connectivity index is 1.56. The van der Waals surface area contributed by atoms with Crippen LogP contribution in [0.1, 0.15) is 16.1 Å². The molecule has 0 fully saturated rings. The first kappa shape index (κ1) is 19.5. The van der Waals surface area contributed by atoms with Crippen LogP contribution >= 0.6 is 0 Å². The fraction of sp³-hybridized carbons (Fsp3) is 0.100. The highest BCUT2D eigenvalue weighted by Gasteiger charge is 2.17. The average molecular weight is 423 g/mol. The van der Waals surface area contributed by atoms with E-state index in [1.165, 1.54) is 35.3 Å². The number of carbonyl (C=O) groups excluding carboxylic acids is 1. The van der Waals surface area contributed by atoms with Gasteiger partial charge in [-0.25, -0.2) is 13.1 Å². The number of carbonyl (C=O) groups is 1. The topological polar surface area (TPSA) is 120 Å². The fourth-order valence-corrected chi connectivity index (χ4v) is 3.50. The molecule has 0 saturated heterocycles. The molecule has 0 aliphatic carbocycles. The molecule has 0 unspecified atom stereocenters. The van der Waals surface area contributed by atoms with Gasteiger partial charge in [-0.3, -0.25) is 15.1 Å². The molecule has 10 heteroatoms. The molecule has 0 spiro atoms. The van der Waals surface area contributed by atoms with Gasteiger partial charge in [0.15, 0.2) is 9.84 Å². The first-order chi connectivity index (χ1) is 14.3. The Kier molecular flexibility index (Phi) is 4.92. The van der Waals surface area contributed by atoms with Gasteiger partial charge < -0.3 is 4.42 Å². The van der Waals surface area contributed by atoms with Gasteiger partial charge in [0.05, 0.1) is 22.5 Å². The quantitative estimate of drug-likeness (QED) is 0.524. The van der Waals surface area contributed by atoms with Crippen molar-refractivity contribution in [2.24, 2.45) is 0 Å². The number of hydrogen-bond donors (Lipinski definition) is 1. The van der Waals surface area contributed by atoms with E-state index in [-0.39, 0.29) is 16.6 Å². The van der Waals surface area contributed by atoms with Crippen molar-refractivity contribution >= 4 is 21.8 Å². The zero-order chi connectivity index (χ0) is 21.3. The number of benzene rings is 1. The number of aryl methyl sites for hydroxylation is 1. The lowest BCUT2D eigenvalue weighted by Crippen LogP contribution is -2.17. The van der Waals surface area contributed by atoms with Crippen molar-refractivity contribution in [1.82, 2.24) is 19.7 Å². The van der Waals surface area contributed by atoms with Crippen LogP contribution in [0.25, 0.3) is 17.1 Å². The summed E-state index contributed by atoms with van der Waals surface area (Å²) >= 11 is 0. The molecule has 0 radical (unpaired) electrons. The molecule has 0 saturated carbocycles. The van der Waals surface area contributed by atoms with Crippen molar-refractivity contribution in [3.8, 4) is 17.1 Å². The number of hydrogen-bond acceptors (Lipinski definition) is 7. The highest BCUT2D eigenvalue weighted by molar-refractivity contribution is 7.90. The molecular weight excluding hydrogens is 406 g/mol. The molecule has 0 bridgehead atoms. The molecule has 30 heavy (non-hydrogen) atoms. The summed E-state index contributed by atoms with van der Waals surface area (Å²) in [6.07, 6.45) is 5.68. The number of sulfone groups is 1. The van der Waals surface area contributed by atoms with E-state index in [0.29, 0.717) is 17.1 Å². The first-order valence-electron chi connectivity index (χ1n) is 8.86. The van der Waals surface area contributed by atoms with Crippen LogP contribution in [0.15, 0.2) is 70.4 Å². The van der Waals surface area contributed by atoms with Crippen LogP contribution in [0.5, 0.6) is 0 Å². The number of nitrogens with zero attached hydrogens (tertiary/aromatic N) is 4. The molecule has 0 aliphatic heterocycles. The van der Waals surface area contributed by atoms with Crippen molar-refractivity contribution in [2.45, 2.75) is 11.8 Å². The number of oxazole rings is 1. The molecule has 0 aliphatic rings. The third-order valence-electron chi connectivity index (χ3n) is 4.36. The van der Waals surface area contributed by atoms with Gasteiger partial charge in [0.1, 0.15) is 17.7 Å². The van der Waals surface area contributed by atoms with E-state index in [9.17, 15) is 13.2 Å². The number of anilines is 1. The number of amides is 1. The van der Waals surface area contributed by atoms with Gasteiger partial charge in [-0.15, -0.1) is 0 Å². The van der Waals surface area contributed by atoms with Crippen molar-refractivity contribution in [2.75, 3.05) is 11.6 Å². The minimum Gasteiger partial charge on any atom is -0.431 e. The average Bonchev–Trinajstić information content (AvgIpc) is 3.37. The summed E-state index contributed by atoms with van der Waals surface area (Å²) in [7, 11) is -3.31. The second kappa shape index (κ2) is 7.56. The predicted molar refractivity (Wildman–Crippen MR) is 109 cm³/mol. The van der Waals surface area contributed by atoms with Crippen molar-refractivity contribution in [3.05, 3.63) is 72.4 Å². The van der Waals surface area contributed by atoms with E-state index >= 15 is 0 Å². The number of rotatable bonds is 5. The Morgan fingerprint density at radius 2 is 1.87 bits per heavy atom. The minimum absolute atomic E-state index is 0.0280. The summed E-state index contributed by atoms with van der Waals surface area (Å²) in [4.78, 5) is 21.5. The summed E-state index contributed by atoms with van der Waals surface area (Å²) in [5.41, 5.74) is 2.87. The molecule has 0 atom stereocenters. The summed E-state index contributed by atoms with van der Waals surface area (Å²) in [6, 6.07) is 11.4. The summed E-state index contributed by atoms with van der Waals surface area (Å²) in [5.74, 6) is -0.481. The maximum absolute atomic E-state index is 12.7. The Morgan fingerprint density at radius 1 is 1.10 bits per heavy atom. The van der Waals surface area contributed by atoms with E-state index < -0.39 is 15.7 Å². The predicted octanol–water partition coefficient (Wildman–Crippen LogP) is 2.89. The maximum atomic E-state index is 12.7. The van der Waals surface area contributed by atoms with E-state index in [2.05, 4.69) is 20.4 Å². The van der Waals surface area contributed by atoms with E-state index in [1.54, 1.807) is 18.3 Å². The van der Waals surface area contributed by atoms with Crippen LogP contribution in [-0.4, -0.2) is 40.3 Å². The molecule has 1 aromatic carbocycles. The monoisotopic (exact) mass is 423 g/mol. The lowest BCUT2D eigenvalue weighted by atomic mass is 10.2. The maximum Gasteiger partial charge on any atom is 0.302 e. The molecule has 152 valence electrons. The van der Waals surface area contributed by atoms with Gasteiger partial charge in [0.2, 0.25) is 0 Å². The summed E-state index contributed by atoms with van der Waals surface area (Å²) in [6.45, 7) is 1.91. The first-order valence-corrected chi connectivity index (χ1v) is 10.8. The number of pyridine rings is 1. The number of aromatic nitrogens is 4. The third kappa shape index (κ3) is 3.85. The molecule has 4 rings (SSSR count). The zero-order valence-corrected chi connectivity index (χ0v) is 16.9. The lowest BCUT2D eigenvalue weighted by molar-refractivity contribution is 0.101. The Labute approximate surface area is 172 Å². The molecule has 1 N–H and O–H groups in total. The Hall–Kier alpha value is -3.79. The molecule has 3 aromatic heterocycles. The van der Waals surface area contributed by atoms with Crippen LogP contribution < -0.4 is 5.32 Å². The normalized spacial score (nSPS) is 11.4. The van der Waals surface area contributed by atoms with Gasteiger partial charge >= 0.3 is 6.01 Å². The largest absolute Gasteiger partial charge is 0.431 e. The van der Waals surface area contributed by atoms with Gasteiger partial charge in [-0.05, 0) is 48.9 Å². The van der Waals surface area contributed by atoms with Crippen molar-refractivity contribution < 1.29 is 17.6 Å². The van der Waals surface area contributed by atoms with E-state index in [1.807, 2.05) is 19.1 Å². The highest BCUT2D eigenvalue weighted by Crippen LogP contribution is 2.22. The molecule has 9 nitrogen and oxygen atoms in total. The Bertz CT molecular complexity index is 1320. The molecular formula is C20H17N5O4S. The highest BCUT2D eigenvalue weighted by atomic mass is 32.2. The summed E-state index contributed by atoms with van der Waals surface area (Å²) < 4.78 is 30.0. The third-order valence-corrected chi connectivity index (χ3v) is 5.49. The van der Waals surface area contributed by atoms with Gasteiger partial charge in [-0.1, -0.05) is 6.07 Å². The van der Waals surface area contributed by atoms with Crippen LogP contribution in [0, 0.1) is 6.92 Å². The van der Waals surface area contributed by atoms with Crippen LogP contribution in [0.4, 0.5) is 6.01 Å². The molecule has 1 amide bonds. The second-order valence-electron chi connectivity index (χ2n) is 6.56. The van der Waals surface area contributed by atoms with Crippen LogP contribution in [-0.2, 0) is 9.84 Å². The van der Waals surface area contributed by atoms with Crippen LogP contribution in [0.3, 0.4) is 0 Å². The standard InChI is InChI=1S/C20H17N5O4S/c1-13-4-3-10-21-18(13)16-12-29-20(23-16)24-19(26)17-9-11-22-25(17)14-5-7-15(8-6-14)30(2,27)28/h3-12H,1-2H3,(H,23,24,26). The van der Waals surface area contributed by atoms with Gasteiger partial charge in [0.25, 0.3) is 5.91 Å². The van der Waals surface area contributed by atoms with Crippen molar-refractivity contribution in [1.29, 1.82) is 0 Å². The summed E-state index contributed by atoms with van der Waals surface area (Å²) in [5, 5.41) is 6.75. The van der Waals surface area contributed by atoms with E-state index in [4.69, 9.17) is 4.42 Å². The molecule has 4 aromatic rings.